The fourth-order valence-corrected chi connectivity index (χ4v) is 5.47. The number of carbonyl (C=O) groups excluding carboxylic acids is 3. The fourth-order valence-electron chi connectivity index (χ4n) is 4.70. The van der Waals surface area contributed by atoms with Gasteiger partial charge in [0.25, 0.3) is 0 Å². The second-order valence-corrected chi connectivity index (χ2v) is 14.3. The molecule has 0 aliphatic rings. The summed E-state index contributed by atoms with van der Waals surface area (Å²) in [5.41, 5.74) is 5.32. The molecule has 1 unspecified atom stereocenters. The SMILES string of the molecule is CCCCC/C=C\C/C=C\C/C=C\CCCCC(=O)OC[C@H](COP(=O)(O)OCCN)OC(=O)CCC/C=C\C/C=C\C/C=C\C=C\C(=O)CCCCC. The van der Waals surface area contributed by atoms with E-state index in [1.807, 2.05) is 36.5 Å². The Hall–Kier alpha value is -3.14. The van der Waals surface area contributed by atoms with Crippen molar-refractivity contribution in [3.8, 4) is 0 Å². The average molecular weight is 776 g/mol. The van der Waals surface area contributed by atoms with Crippen LogP contribution in [0.15, 0.2) is 85.1 Å². The van der Waals surface area contributed by atoms with Crippen LogP contribution < -0.4 is 5.73 Å². The molecule has 0 heterocycles. The van der Waals surface area contributed by atoms with Gasteiger partial charge in [-0.05, 0) is 83.1 Å². The average Bonchev–Trinajstić information content (AvgIpc) is 3.15. The highest BCUT2D eigenvalue weighted by molar-refractivity contribution is 7.47. The van der Waals surface area contributed by atoms with Crippen molar-refractivity contribution in [3.63, 3.8) is 0 Å². The van der Waals surface area contributed by atoms with E-state index in [4.69, 9.17) is 24.3 Å². The molecular weight excluding hydrogens is 705 g/mol. The van der Waals surface area contributed by atoms with Crippen molar-refractivity contribution >= 4 is 25.5 Å². The lowest BCUT2D eigenvalue weighted by Crippen LogP contribution is -2.29. The summed E-state index contributed by atoms with van der Waals surface area (Å²) in [5, 5.41) is 0. The fraction of sp³-hybridized carbons (Fsp3) is 0.605. The van der Waals surface area contributed by atoms with Crippen LogP contribution in [0.25, 0.3) is 0 Å². The van der Waals surface area contributed by atoms with E-state index < -0.39 is 32.5 Å². The molecule has 0 aromatic heterocycles. The number of nitrogens with two attached hydrogens (primary N) is 1. The summed E-state index contributed by atoms with van der Waals surface area (Å²) in [4.78, 5) is 46.4. The molecule has 0 aromatic carbocycles. The normalized spacial score (nSPS) is 14.1. The molecular formula is C43H70NO9P. The molecule has 10 nitrogen and oxygen atoms in total. The second-order valence-electron chi connectivity index (χ2n) is 12.8. The summed E-state index contributed by atoms with van der Waals surface area (Å²) in [7, 11) is -4.42. The largest absolute Gasteiger partial charge is 0.472 e. The van der Waals surface area contributed by atoms with Gasteiger partial charge in [-0.25, -0.2) is 4.57 Å². The van der Waals surface area contributed by atoms with Crippen molar-refractivity contribution in [3.05, 3.63) is 85.1 Å². The van der Waals surface area contributed by atoms with Gasteiger partial charge in [-0.15, -0.1) is 0 Å². The van der Waals surface area contributed by atoms with Crippen molar-refractivity contribution in [2.24, 2.45) is 5.73 Å². The highest BCUT2D eigenvalue weighted by Gasteiger charge is 2.25. The van der Waals surface area contributed by atoms with Gasteiger partial charge in [-0.1, -0.05) is 119 Å². The Morgan fingerprint density at radius 2 is 1.13 bits per heavy atom. The maximum absolute atomic E-state index is 12.5. The maximum atomic E-state index is 12.5. The van der Waals surface area contributed by atoms with Crippen LogP contribution >= 0.6 is 7.82 Å². The number of ether oxygens (including phenoxy) is 2. The highest BCUT2D eigenvalue weighted by Crippen LogP contribution is 2.43. The van der Waals surface area contributed by atoms with Gasteiger partial charge in [0.2, 0.25) is 0 Å². The molecule has 0 saturated carbocycles. The summed E-state index contributed by atoms with van der Waals surface area (Å²) in [6, 6.07) is 0. The van der Waals surface area contributed by atoms with Crippen LogP contribution in [0.4, 0.5) is 0 Å². The van der Waals surface area contributed by atoms with E-state index in [1.54, 1.807) is 12.2 Å². The number of carbonyl (C=O) groups is 3. The lowest BCUT2D eigenvalue weighted by atomic mass is 10.1. The van der Waals surface area contributed by atoms with Crippen molar-refractivity contribution in [2.75, 3.05) is 26.4 Å². The molecule has 54 heavy (non-hydrogen) atoms. The Morgan fingerprint density at radius 3 is 1.74 bits per heavy atom. The zero-order valence-corrected chi connectivity index (χ0v) is 34.1. The molecule has 0 saturated heterocycles. The van der Waals surface area contributed by atoms with E-state index in [-0.39, 0.29) is 38.4 Å². The summed E-state index contributed by atoms with van der Waals surface area (Å²) in [6.07, 6.45) is 43.2. The summed E-state index contributed by atoms with van der Waals surface area (Å²) >= 11 is 0. The molecule has 11 heteroatoms. The molecule has 3 N–H and O–H groups in total. The first-order chi connectivity index (χ1) is 26.2. The van der Waals surface area contributed by atoms with Gasteiger partial charge in [0.15, 0.2) is 11.9 Å². The zero-order valence-electron chi connectivity index (χ0n) is 33.2. The quantitative estimate of drug-likeness (QED) is 0.0157. The summed E-state index contributed by atoms with van der Waals surface area (Å²) in [6.45, 7) is 3.38. The molecule has 0 bridgehead atoms. The number of ketones is 1. The van der Waals surface area contributed by atoms with E-state index in [9.17, 15) is 23.8 Å². The van der Waals surface area contributed by atoms with Crippen LogP contribution in [0.5, 0.6) is 0 Å². The van der Waals surface area contributed by atoms with Gasteiger partial charge in [0.1, 0.15) is 6.61 Å². The molecule has 306 valence electrons. The Morgan fingerprint density at radius 1 is 0.611 bits per heavy atom. The van der Waals surface area contributed by atoms with Crippen molar-refractivity contribution in [2.45, 2.75) is 142 Å². The molecule has 0 rings (SSSR count). The topological polar surface area (TPSA) is 151 Å². The third-order valence-corrected chi connectivity index (χ3v) is 8.71. The smallest absolute Gasteiger partial charge is 0.462 e. The maximum Gasteiger partial charge on any atom is 0.472 e. The van der Waals surface area contributed by atoms with Crippen molar-refractivity contribution < 1.29 is 42.4 Å². The number of esters is 2. The first kappa shape index (κ1) is 50.9. The van der Waals surface area contributed by atoms with Crippen LogP contribution in [0.2, 0.25) is 0 Å². The van der Waals surface area contributed by atoms with Crippen LogP contribution in [-0.4, -0.2) is 55.1 Å². The molecule has 0 amide bonds. The Balaban J connectivity index is 4.44. The number of rotatable bonds is 36. The standard InChI is InChI=1S/C43H70NO9P/c1-3-5-7-8-9-10-11-12-13-14-17-20-23-26-30-34-42(46)50-38-41(39-52-54(48,49)51-37-36-44)53-43(47)35-31-27-24-21-18-15-16-19-22-25-29-33-40(45)32-28-6-4-2/h9-10,12-13,15-17,20-22,24-25,29,33,41H,3-8,11,14,18-19,23,26-28,30-32,34-39,44H2,1-2H3,(H,48,49)/b10-9-,13-12-,16-15-,20-17-,24-21-,25-22-,33-29+/t41-/m1/s1. The van der Waals surface area contributed by atoms with Gasteiger partial charge in [0, 0.05) is 25.8 Å². The molecule has 0 aliphatic carbocycles. The number of hydrogen-bond donors (Lipinski definition) is 2. The molecule has 0 aliphatic heterocycles. The Bertz CT molecular complexity index is 1220. The lowest BCUT2D eigenvalue weighted by molar-refractivity contribution is -0.161. The third kappa shape index (κ3) is 37.2. The number of phosphoric ester groups is 1. The zero-order chi connectivity index (χ0) is 39.8. The summed E-state index contributed by atoms with van der Waals surface area (Å²) in [5.74, 6) is -0.822. The monoisotopic (exact) mass is 775 g/mol. The minimum Gasteiger partial charge on any atom is -0.462 e. The minimum atomic E-state index is -4.42. The van der Waals surface area contributed by atoms with Gasteiger partial charge < -0.3 is 20.1 Å². The predicted molar refractivity (Wildman–Crippen MR) is 220 cm³/mol. The minimum absolute atomic E-state index is 0.0250. The Kier molecular flexibility index (Phi) is 35.9. The van der Waals surface area contributed by atoms with Crippen molar-refractivity contribution in [1.29, 1.82) is 0 Å². The van der Waals surface area contributed by atoms with Crippen LogP contribution in [0.1, 0.15) is 136 Å². The van der Waals surface area contributed by atoms with Crippen LogP contribution in [0.3, 0.4) is 0 Å². The lowest BCUT2D eigenvalue weighted by Gasteiger charge is -2.19. The van der Waals surface area contributed by atoms with E-state index in [1.165, 1.54) is 19.3 Å². The van der Waals surface area contributed by atoms with Gasteiger partial charge in [0.05, 0.1) is 13.2 Å². The van der Waals surface area contributed by atoms with E-state index >= 15 is 0 Å². The molecule has 2 atom stereocenters. The van der Waals surface area contributed by atoms with Crippen molar-refractivity contribution in [1.82, 2.24) is 0 Å². The number of allylic oxidation sites excluding steroid dienone is 14. The van der Waals surface area contributed by atoms with Crippen LogP contribution in [-0.2, 0) is 37.5 Å². The first-order valence-electron chi connectivity index (χ1n) is 20.0. The highest BCUT2D eigenvalue weighted by atomic mass is 31.2. The number of unbranched alkanes of at least 4 members (excludes halogenated alkanes) is 8. The molecule has 0 fully saturated rings. The number of hydrogen-bond acceptors (Lipinski definition) is 9. The molecule has 0 aromatic rings. The third-order valence-electron chi connectivity index (χ3n) is 7.73. The van der Waals surface area contributed by atoms with E-state index in [0.29, 0.717) is 25.7 Å². The summed E-state index contributed by atoms with van der Waals surface area (Å²) < 4.78 is 32.5. The van der Waals surface area contributed by atoms with E-state index in [2.05, 4.69) is 50.3 Å². The van der Waals surface area contributed by atoms with Gasteiger partial charge >= 0.3 is 19.8 Å². The van der Waals surface area contributed by atoms with E-state index in [0.717, 1.165) is 64.2 Å². The first-order valence-corrected chi connectivity index (χ1v) is 21.5. The molecule has 0 spiro atoms. The second kappa shape index (κ2) is 38.1. The van der Waals surface area contributed by atoms with Gasteiger partial charge in [-0.3, -0.25) is 23.4 Å². The van der Waals surface area contributed by atoms with Gasteiger partial charge in [-0.2, -0.15) is 0 Å². The number of phosphoric acid groups is 1. The predicted octanol–water partition coefficient (Wildman–Crippen LogP) is 10.4. The Labute approximate surface area is 326 Å². The van der Waals surface area contributed by atoms with Crippen LogP contribution in [0, 0.1) is 0 Å². The molecule has 0 radical (unpaired) electrons.